The number of carbonyl (C=O) groups excluding carboxylic acids is 1. The summed E-state index contributed by atoms with van der Waals surface area (Å²) < 4.78 is 5.24. The Labute approximate surface area is 126 Å². The van der Waals surface area contributed by atoms with E-state index in [1.165, 1.54) is 4.90 Å². The predicted octanol–water partition coefficient (Wildman–Crippen LogP) is 3.67. The van der Waals surface area contributed by atoms with Crippen LogP contribution in [0.4, 0.5) is 0 Å². The van der Waals surface area contributed by atoms with Crippen LogP contribution in [0.25, 0.3) is 11.1 Å². The summed E-state index contributed by atoms with van der Waals surface area (Å²) in [6, 6.07) is 13.7. The molecule has 1 atom stereocenters. The standard InChI is InChI=1S/C16H16N2O2S/c1-11(21-12-5-3-2-4-6-12)10-17-16(19)14-9-15-13(18-14)7-8-20-15/h2-9,11,18H,10H2,1H3,(H,17,19). The molecule has 0 bridgehead atoms. The molecule has 2 aromatic heterocycles. The Morgan fingerprint density at radius 1 is 1.33 bits per heavy atom. The van der Waals surface area contributed by atoms with Crippen LogP contribution in [0.5, 0.6) is 0 Å². The van der Waals surface area contributed by atoms with Crippen molar-refractivity contribution < 1.29 is 9.21 Å². The zero-order valence-electron chi connectivity index (χ0n) is 11.6. The molecular formula is C16H16N2O2S. The van der Waals surface area contributed by atoms with Crippen LogP contribution in [-0.2, 0) is 0 Å². The second-order valence-electron chi connectivity index (χ2n) is 4.83. The highest BCUT2D eigenvalue weighted by atomic mass is 32.2. The number of rotatable bonds is 5. The second kappa shape index (κ2) is 6.10. The number of furan rings is 1. The van der Waals surface area contributed by atoms with E-state index in [2.05, 4.69) is 29.4 Å². The van der Waals surface area contributed by atoms with Crippen molar-refractivity contribution in [2.75, 3.05) is 6.54 Å². The third-order valence-electron chi connectivity index (χ3n) is 3.12. The molecule has 1 unspecified atom stereocenters. The lowest BCUT2D eigenvalue weighted by molar-refractivity contribution is 0.0950. The highest BCUT2D eigenvalue weighted by Gasteiger charge is 2.12. The van der Waals surface area contributed by atoms with Gasteiger partial charge in [0.25, 0.3) is 5.91 Å². The summed E-state index contributed by atoms with van der Waals surface area (Å²) >= 11 is 1.74. The molecule has 2 heterocycles. The fourth-order valence-electron chi connectivity index (χ4n) is 2.08. The lowest BCUT2D eigenvalue weighted by atomic mass is 10.4. The van der Waals surface area contributed by atoms with Gasteiger partial charge in [0.2, 0.25) is 0 Å². The maximum Gasteiger partial charge on any atom is 0.267 e. The van der Waals surface area contributed by atoms with Crippen LogP contribution < -0.4 is 5.32 Å². The number of hydrogen-bond donors (Lipinski definition) is 2. The number of amides is 1. The number of thioether (sulfide) groups is 1. The van der Waals surface area contributed by atoms with Gasteiger partial charge in [-0.1, -0.05) is 25.1 Å². The van der Waals surface area contributed by atoms with Crippen LogP contribution in [0.15, 0.2) is 58.0 Å². The van der Waals surface area contributed by atoms with Crippen molar-refractivity contribution in [3.05, 3.63) is 54.4 Å². The summed E-state index contributed by atoms with van der Waals surface area (Å²) in [4.78, 5) is 16.3. The molecule has 0 aliphatic heterocycles. The maximum absolute atomic E-state index is 12.1. The van der Waals surface area contributed by atoms with Crippen molar-refractivity contribution in [3.63, 3.8) is 0 Å². The molecule has 0 radical (unpaired) electrons. The Balaban J connectivity index is 1.54. The molecule has 108 valence electrons. The molecule has 4 nitrogen and oxygen atoms in total. The molecule has 1 amide bonds. The third-order valence-corrected chi connectivity index (χ3v) is 4.23. The Hall–Kier alpha value is -2.14. The Kier molecular flexibility index (Phi) is 4.01. The van der Waals surface area contributed by atoms with Crippen molar-refractivity contribution in [2.45, 2.75) is 17.1 Å². The molecule has 5 heteroatoms. The first-order valence-corrected chi connectivity index (χ1v) is 7.66. The van der Waals surface area contributed by atoms with E-state index >= 15 is 0 Å². The van der Waals surface area contributed by atoms with Gasteiger partial charge in [-0.2, -0.15) is 0 Å². The van der Waals surface area contributed by atoms with Gasteiger partial charge in [-0.25, -0.2) is 0 Å². The SMILES string of the molecule is CC(CNC(=O)c1cc2occc2[nH]1)Sc1ccccc1. The Morgan fingerprint density at radius 2 is 2.14 bits per heavy atom. The van der Waals surface area contributed by atoms with Gasteiger partial charge in [0, 0.05) is 28.8 Å². The van der Waals surface area contributed by atoms with Gasteiger partial charge < -0.3 is 14.7 Å². The van der Waals surface area contributed by atoms with Crippen molar-refractivity contribution >= 4 is 28.8 Å². The molecular weight excluding hydrogens is 284 g/mol. The minimum atomic E-state index is -0.109. The van der Waals surface area contributed by atoms with Crippen LogP contribution in [0.3, 0.4) is 0 Å². The molecule has 0 aliphatic rings. The van der Waals surface area contributed by atoms with Crippen LogP contribution >= 0.6 is 11.8 Å². The minimum Gasteiger partial charge on any atom is -0.463 e. The number of hydrogen-bond acceptors (Lipinski definition) is 3. The Morgan fingerprint density at radius 3 is 2.90 bits per heavy atom. The van der Waals surface area contributed by atoms with Gasteiger partial charge in [0.05, 0.1) is 11.8 Å². The van der Waals surface area contributed by atoms with Gasteiger partial charge >= 0.3 is 0 Å². The summed E-state index contributed by atoms with van der Waals surface area (Å²) in [6.45, 7) is 2.71. The number of carbonyl (C=O) groups is 1. The number of aromatic nitrogens is 1. The zero-order valence-corrected chi connectivity index (χ0v) is 12.4. The fraction of sp³-hybridized carbons (Fsp3) is 0.188. The minimum absolute atomic E-state index is 0.109. The van der Waals surface area contributed by atoms with Gasteiger partial charge in [-0.3, -0.25) is 4.79 Å². The summed E-state index contributed by atoms with van der Waals surface area (Å²) in [7, 11) is 0. The first-order valence-electron chi connectivity index (χ1n) is 6.78. The summed E-state index contributed by atoms with van der Waals surface area (Å²) in [5.41, 5.74) is 2.07. The van der Waals surface area contributed by atoms with Crippen LogP contribution in [0.1, 0.15) is 17.4 Å². The number of fused-ring (bicyclic) bond motifs is 1. The fourth-order valence-corrected chi connectivity index (χ4v) is 3.02. The quantitative estimate of drug-likeness (QED) is 0.707. The molecule has 2 N–H and O–H groups in total. The number of aromatic amines is 1. The molecule has 0 spiro atoms. The van der Waals surface area contributed by atoms with Gasteiger partial charge in [0.1, 0.15) is 5.69 Å². The Bertz CT molecular complexity index is 704. The summed E-state index contributed by atoms with van der Waals surface area (Å²) in [5, 5.41) is 3.24. The van der Waals surface area contributed by atoms with E-state index in [4.69, 9.17) is 4.42 Å². The molecule has 3 aromatic rings. The topological polar surface area (TPSA) is 58.0 Å². The number of nitrogens with one attached hydrogen (secondary N) is 2. The third kappa shape index (κ3) is 3.31. The van der Waals surface area contributed by atoms with E-state index in [1.807, 2.05) is 18.2 Å². The van der Waals surface area contributed by atoms with E-state index in [0.29, 0.717) is 23.1 Å². The van der Waals surface area contributed by atoms with E-state index < -0.39 is 0 Å². The average molecular weight is 300 g/mol. The number of benzene rings is 1. The first-order chi connectivity index (χ1) is 10.2. The van der Waals surface area contributed by atoms with Crippen molar-refractivity contribution in [3.8, 4) is 0 Å². The molecule has 1 aromatic carbocycles. The van der Waals surface area contributed by atoms with Gasteiger partial charge in [0.15, 0.2) is 5.58 Å². The highest BCUT2D eigenvalue weighted by Crippen LogP contribution is 2.22. The molecule has 0 fully saturated rings. The molecule has 0 saturated carbocycles. The van der Waals surface area contributed by atoms with E-state index in [0.717, 1.165) is 5.52 Å². The van der Waals surface area contributed by atoms with Crippen molar-refractivity contribution in [1.29, 1.82) is 0 Å². The number of H-pyrrole nitrogens is 1. The summed E-state index contributed by atoms with van der Waals surface area (Å²) in [6.07, 6.45) is 1.60. The van der Waals surface area contributed by atoms with Crippen LogP contribution in [0.2, 0.25) is 0 Å². The molecule has 21 heavy (non-hydrogen) atoms. The van der Waals surface area contributed by atoms with Crippen molar-refractivity contribution in [2.24, 2.45) is 0 Å². The van der Waals surface area contributed by atoms with E-state index in [9.17, 15) is 4.79 Å². The second-order valence-corrected chi connectivity index (χ2v) is 6.34. The van der Waals surface area contributed by atoms with Gasteiger partial charge in [-0.05, 0) is 12.1 Å². The van der Waals surface area contributed by atoms with Crippen LogP contribution in [0, 0.1) is 0 Å². The van der Waals surface area contributed by atoms with Gasteiger partial charge in [-0.15, -0.1) is 11.8 Å². The smallest absolute Gasteiger partial charge is 0.267 e. The lowest BCUT2D eigenvalue weighted by Crippen LogP contribution is -2.29. The zero-order chi connectivity index (χ0) is 14.7. The monoisotopic (exact) mass is 300 g/mol. The van der Waals surface area contributed by atoms with Crippen LogP contribution in [-0.4, -0.2) is 22.7 Å². The summed E-state index contributed by atoms with van der Waals surface area (Å²) in [5.74, 6) is -0.109. The molecule has 0 aliphatic carbocycles. The first kappa shape index (κ1) is 13.8. The predicted molar refractivity (Wildman–Crippen MR) is 84.7 cm³/mol. The van der Waals surface area contributed by atoms with Crippen molar-refractivity contribution in [1.82, 2.24) is 10.3 Å². The average Bonchev–Trinajstić information content (AvgIpc) is 3.07. The lowest BCUT2D eigenvalue weighted by Gasteiger charge is -2.11. The maximum atomic E-state index is 12.1. The van der Waals surface area contributed by atoms with E-state index in [1.54, 1.807) is 30.2 Å². The normalized spacial score (nSPS) is 12.4. The van der Waals surface area contributed by atoms with E-state index in [-0.39, 0.29) is 5.91 Å². The molecule has 3 rings (SSSR count). The largest absolute Gasteiger partial charge is 0.463 e. The highest BCUT2D eigenvalue weighted by molar-refractivity contribution is 8.00. The molecule has 0 saturated heterocycles.